The van der Waals surface area contributed by atoms with Crippen molar-refractivity contribution < 1.29 is 4.74 Å². The van der Waals surface area contributed by atoms with Gasteiger partial charge in [-0.05, 0) is 17.5 Å². The first kappa shape index (κ1) is 16.1. The molecular weight excluding hydrogens is 294 g/mol. The van der Waals surface area contributed by atoms with Crippen LogP contribution in [-0.2, 0) is 13.1 Å². The summed E-state index contributed by atoms with van der Waals surface area (Å²) < 4.78 is 5.65. The molecule has 0 unspecified atom stereocenters. The number of aliphatic imine (C=N–C) groups is 1. The molecule has 1 heterocycles. The van der Waals surface area contributed by atoms with Gasteiger partial charge < -0.3 is 15.4 Å². The Morgan fingerprint density at radius 1 is 1.23 bits per heavy atom. The van der Waals surface area contributed by atoms with Gasteiger partial charge in [0.25, 0.3) is 0 Å². The first-order valence-corrected chi connectivity index (χ1v) is 8.00. The first-order valence-electron chi connectivity index (χ1n) is 7.12. The molecular formula is C17H21N3OS. The molecule has 5 heteroatoms. The fraction of sp³-hybridized carbons (Fsp3) is 0.235. The number of guanidine groups is 1. The molecule has 0 saturated carbocycles. The lowest BCUT2D eigenvalue weighted by molar-refractivity contribution is 0.358. The Hall–Kier alpha value is -2.27. The van der Waals surface area contributed by atoms with Crippen LogP contribution in [0.1, 0.15) is 10.4 Å². The summed E-state index contributed by atoms with van der Waals surface area (Å²) >= 11 is 1.73. The van der Waals surface area contributed by atoms with Crippen molar-refractivity contribution in [1.29, 1.82) is 0 Å². The Morgan fingerprint density at radius 2 is 2.05 bits per heavy atom. The number of nitrogens with one attached hydrogen (secondary N) is 2. The number of hydrogen-bond donors (Lipinski definition) is 2. The topological polar surface area (TPSA) is 45.6 Å². The summed E-state index contributed by atoms with van der Waals surface area (Å²) in [6, 6.07) is 12.1. The zero-order valence-electron chi connectivity index (χ0n) is 12.7. The lowest BCUT2D eigenvalue weighted by atomic mass is 10.2. The molecule has 0 aliphatic rings. The number of hydrogen-bond acceptors (Lipinski definition) is 3. The molecule has 2 N–H and O–H groups in total. The van der Waals surface area contributed by atoms with Crippen molar-refractivity contribution in [2.45, 2.75) is 13.1 Å². The minimum Gasteiger partial charge on any atom is -0.489 e. The van der Waals surface area contributed by atoms with Crippen LogP contribution < -0.4 is 15.4 Å². The quantitative estimate of drug-likeness (QED) is 0.469. The summed E-state index contributed by atoms with van der Waals surface area (Å²) in [5.41, 5.74) is 1.09. The Kier molecular flexibility index (Phi) is 6.51. The molecule has 1 aromatic carbocycles. The summed E-state index contributed by atoms with van der Waals surface area (Å²) in [6.07, 6.45) is 1.74. The highest BCUT2D eigenvalue weighted by atomic mass is 32.1. The van der Waals surface area contributed by atoms with Gasteiger partial charge in [-0.25, -0.2) is 0 Å². The van der Waals surface area contributed by atoms with Gasteiger partial charge in [-0.3, -0.25) is 4.99 Å². The molecule has 116 valence electrons. The van der Waals surface area contributed by atoms with Crippen LogP contribution in [-0.4, -0.2) is 19.6 Å². The summed E-state index contributed by atoms with van der Waals surface area (Å²) in [7, 11) is 1.77. The van der Waals surface area contributed by atoms with E-state index in [0.717, 1.165) is 23.8 Å². The second-order valence-corrected chi connectivity index (χ2v) is 5.60. The van der Waals surface area contributed by atoms with E-state index in [1.807, 2.05) is 30.3 Å². The van der Waals surface area contributed by atoms with Crippen LogP contribution in [0.3, 0.4) is 0 Å². The van der Waals surface area contributed by atoms with Crippen LogP contribution >= 0.6 is 11.3 Å². The maximum Gasteiger partial charge on any atom is 0.191 e. The number of para-hydroxylation sites is 1. The second kappa shape index (κ2) is 8.89. The van der Waals surface area contributed by atoms with Crippen molar-refractivity contribution >= 4 is 17.3 Å². The third kappa shape index (κ3) is 4.93. The summed E-state index contributed by atoms with van der Waals surface area (Å²) in [5, 5.41) is 8.67. The van der Waals surface area contributed by atoms with Gasteiger partial charge in [-0.15, -0.1) is 11.3 Å². The molecule has 0 aliphatic heterocycles. The molecule has 0 spiro atoms. The largest absolute Gasteiger partial charge is 0.489 e. The zero-order chi connectivity index (χ0) is 15.6. The van der Waals surface area contributed by atoms with Crippen LogP contribution in [0.25, 0.3) is 0 Å². The van der Waals surface area contributed by atoms with Gasteiger partial charge in [0, 0.05) is 24.0 Å². The molecule has 1 aromatic heterocycles. The lowest BCUT2D eigenvalue weighted by Crippen LogP contribution is -2.36. The number of rotatable bonds is 7. The monoisotopic (exact) mass is 315 g/mol. The number of nitrogens with zero attached hydrogens (tertiary/aromatic N) is 1. The molecule has 0 fully saturated rings. The van der Waals surface area contributed by atoms with Gasteiger partial charge in [-0.1, -0.05) is 36.9 Å². The van der Waals surface area contributed by atoms with E-state index >= 15 is 0 Å². The number of ether oxygens (including phenoxy) is 1. The number of benzene rings is 1. The van der Waals surface area contributed by atoms with Gasteiger partial charge in [0.15, 0.2) is 5.96 Å². The van der Waals surface area contributed by atoms with Crippen LogP contribution in [0.4, 0.5) is 0 Å². The summed E-state index contributed by atoms with van der Waals surface area (Å²) in [6.45, 7) is 5.60. The van der Waals surface area contributed by atoms with E-state index in [4.69, 9.17) is 4.74 Å². The minimum atomic E-state index is 0.502. The molecule has 2 aromatic rings. The highest BCUT2D eigenvalue weighted by Gasteiger charge is 2.04. The van der Waals surface area contributed by atoms with E-state index in [-0.39, 0.29) is 0 Å². The van der Waals surface area contributed by atoms with E-state index in [1.54, 1.807) is 24.5 Å². The average molecular weight is 315 g/mol. The van der Waals surface area contributed by atoms with E-state index < -0.39 is 0 Å². The van der Waals surface area contributed by atoms with Crippen molar-refractivity contribution in [3.8, 4) is 5.75 Å². The van der Waals surface area contributed by atoms with Gasteiger partial charge in [0.1, 0.15) is 12.4 Å². The minimum absolute atomic E-state index is 0.502. The predicted molar refractivity (Wildman–Crippen MR) is 93.5 cm³/mol. The van der Waals surface area contributed by atoms with E-state index in [0.29, 0.717) is 13.2 Å². The molecule has 0 saturated heterocycles. The number of thiophene rings is 1. The molecule has 0 radical (unpaired) electrons. The van der Waals surface area contributed by atoms with Crippen LogP contribution in [0.5, 0.6) is 5.75 Å². The molecule has 2 rings (SSSR count). The summed E-state index contributed by atoms with van der Waals surface area (Å²) in [4.78, 5) is 5.51. The maximum atomic E-state index is 5.65. The van der Waals surface area contributed by atoms with E-state index in [2.05, 4.69) is 33.7 Å². The molecule has 0 atom stereocenters. The normalized spacial score (nSPS) is 11.0. The van der Waals surface area contributed by atoms with Crippen molar-refractivity contribution in [3.05, 3.63) is 64.9 Å². The van der Waals surface area contributed by atoms with Crippen LogP contribution in [0.15, 0.2) is 59.4 Å². The Bertz CT molecular complexity index is 608. The Labute approximate surface area is 135 Å². The maximum absolute atomic E-state index is 5.65. The highest BCUT2D eigenvalue weighted by molar-refractivity contribution is 7.09. The second-order valence-electron chi connectivity index (χ2n) is 4.57. The lowest BCUT2D eigenvalue weighted by Gasteiger charge is -2.14. The van der Waals surface area contributed by atoms with Crippen molar-refractivity contribution in [2.75, 3.05) is 13.7 Å². The molecule has 22 heavy (non-hydrogen) atoms. The van der Waals surface area contributed by atoms with Crippen molar-refractivity contribution in [1.82, 2.24) is 10.6 Å². The van der Waals surface area contributed by atoms with Crippen LogP contribution in [0.2, 0.25) is 0 Å². The van der Waals surface area contributed by atoms with E-state index in [9.17, 15) is 0 Å². The van der Waals surface area contributed by atoms with Gasteiger partial charge >= 0.3 is 0 Å². The van der Waals surface area contributed by atoms with Gasteiger partial charge in [-0.2, -0.15) is 0 Å². The Morgan fingerprint density at radius 3 is 2.77 bits per heavy atom. The van der Waals surface area contributed by atoms with Gasteiger partial charge in [0.05, 0.1) is 6.54 Å². The SMILES string of the molecule is C=CCOc1ccccc1CNC(=NC)NCc1cccs1. The van der Waals surface area contributed by atoms with Gasteiger partial charge in [0.2, 0.25) is 0 Å². The molecule has 0 aliphatic carbocycles. The summed E-state index contributed by atoms with van der Waals surface area (Å²) in [5.74, 6) is 1.63. The fourth-order valence-corrected chi connectivity index (χ4v) is 2.57. The zero-order valence-corrected chi connectivity index (χ0v) is 13.5. The molecule has 4 nitrogen and oxygen atoms in total. The fourth-order valence-electron chi connectivity index (χ4n) is 1.92. The predicted octanol–water partition coefficient (Wildman–Crippen LogP) is 3.18. The third-order valence-electron chi connectivity index (χ3n) is 3.01. The van der Waals surface area contributed by atoms with E-state index in [1.165, 1.54) is 4.88 Å². The van der Waals surface area contributed by atoms with Crippen LogP contribution in [0, 0.1) is 0 Å². The smallest absolute Gasteiger partial charge is 0.191 e. The highest BCUT2D eigenvalue weighted by Crippen LogP contribution is 2.17. The van der Waals surface area contributed by atoms with Crippen molar-refractivity contribution in [2.24, 2.45) is 4.99 Å². The first-order chi connectivity index (χ1) is 10.8. The molecule has 0 amide bonds. The molecule has 0 bridgehead atoms. The average Bonchev–Trinajstić information content (AvgIpc) is 3.07. The third-order valence-corrected chi connectivity index (χ3v) is 3.89. The Balaban J connectivity index is 1.88. The standard InChI is InChI=1S/C17H21N3OS/c1-3-10-21-16-9-5-4-7-14(16)12-19-17(18-2)20-13-15-8-6-11-22-15/h3-9,11H,1,10,12-13H2,2H3,(H2,18,19,20). The van der Waals surface area contributed by atoms with Crippen molar-refractivity contribution in [3.63, 3.8) is 0 Å².